The van der Waals surface area contributed by atoms with Crippen molar-refractivity contribution in [2.45, 2.75) is 12.5 Å². The third-order valence-corrected chi connectivity index (χ3v) is 2.99. The number of halogens is 1. The van der Waals surface area contributed by atoms with E-state index in [0.717, 1.165) is 16.6 Å². The van der Waals surface area contributed by atoms with Gasteiger partial charge in [0.25, 0.3) is 0 Å². The number of rotatable bonds is 6. The lowest BCUT2D eigenvalue weighted by atomic mass is 10.1. The summed E-state index contributed by atoms with van der Waals surface area (Å²) in [6.45, 7) is 1.57. The van der Waals surface area contributed by atoms with E-state index in [-0.39, 0.29) is 6.61 Å². The molecule has 0 fully saturated rings. The Kier molecular flexibility index (Phi) is 5.98. The summed E-state index contributed by atoms with van der Waals surface area (Å²) in [7, 11) is 1.93. The van der Waals surface area contributed by atoms with Gasteiger partial charge >= 0.3 is 0 Å². The molecule has 0 aliphatic heterocycles. The molecule has 0 aliphatic rings. The Balaban J connectivity index is 2.43. The average Bonchev–Trinajstić information content (AvgIpc) is 2.26. The van der Waals surface area contributed by atoms with Crippen molar-refractivity contribution in [1.82, 2.24) is 4.90 Å². The Morgan fingerprint density at radius 2 is 2.12 bits per heavy atom. The lowest BCUT2D eigenvalue weighted by molar-refractivity contribution is 0.141. The molecule has 90 valence electrons. The molecule has 0 amide bonds. The summed E-state index contributed by atoms with van der Waals surface area (Å²) < 4.78 is 0.979. The third-order valence-electron chi connectivity index (χ3n) is 2.50. The largest absolute Gasteiger partial charge is 0.395 e. The van der Waals surface area contributed by atoms with Gasteiger partial charge in [-0.25, -0.2) is 0 Å². The molecular formula is C12H18BrNO2. The fourth-order valence-electron chi connectivity index (χ4n) is 1.51. The fourth-order valence-corrected chi connectivity index (χ4v) is 1.92. The molecule has 1 rings (SSSR count). The van der Waals surface area contributed by atoms with Gasteiger partial charge in [-0.15, -0.1) is 0 Å². The molecular weight excluding hydrogens is 270 g/mol. The molecule has 0 aromatic heterocycles. The van der Waals surface area contributed by atoms with Crippen LogP contribution < -0.4 is 0 Å². The van der Waals surface area contributed by atoms with Gasteiger partial charge in [-0.05, 0) is 31.2 Å². The highest BCUT2D eigenvalue weighted by atomic mass is 79.9. The first-order valence-electron chi connectivity index (χ1n) is 5.36. The summed E-state index contributed by atoms with van der Waals surface area (Å²) in [5.41, 5.74) is 0.923. The van der Waals surface area contributed by atoms with Gasteiger partial charge in [0.2, 0.25) is 0 Å². The van der Waals surface area contributed by atoms with Gasteiger partial charge in [0, 0.05) is 17.6 Å². The average molecular weight is 288 g/mol. The maximum atomic E-state index is 9.95. The number of nitrogens with zero attached hydrogens (tertiary/aromatic N) is 1. The first-order valence-corrected chi connectivity index (χ1v) is 6.15. The standard InChI is InChI=1S/C12H18BrNO2/c1-14(7-8-15)6-5-12(16)10-3-2-4-11(13)9-10/h2-4,9,12,15-16H,5-8H2,1H3. The molecule has 1 atom stereocenters. The van der Waals surface area contributed by atoms with Crippen molar-refractivity contribution in [3.8, 4) is 0 Å². The van der Waals surface area contributed by atoms with Crippen LogP contribution in [-0.4, -0.2) is 41.9 Å². The zero-order valence-electron chi connectivity index (χ0n) is 9.43. The normalized spacial score (nSPS) is 13.1. The van der Waals surface area contributed by atoms with Crippen LogP contribution in [0.15, 0.2) is 28.7 Å². The predicted octanol–water partition coefficient (Wildman–Crippen LogP) is 1.80. The van der Waals surface area contributed by atoms with Gasteiger partial charge in [0.05, 0.1) is 12.7 Å². The molecule has 3 nitrogen and oxygen atoms in total. The minimum absolute atomic E-state index is 0.156. The van der Waals surface area contributed by atoms with Crippen LogP contribution >= 0.6 is 15.9 Å². The van der Waals surface area contributed by atoms with E-state index in [9.17, 15) is 5.11 Å². The predicted molar refractivity (Wildman–Crippen MR) is 68.3 cm³/mol. The summed E-state index contributed by atoms with van der Waals surface area (Å²) in [4.78, 5) is 2.00. The molecule has 1 aromatic rings. The van der Waals surface area contributed by atoms with E-state index < -0.39 is 6.10 Å². The van der Waals surface area contributed by atoms with Crippen LogP contribution in [0.3, 0.4) is 0 Å². The molecule has 1 unspecified atom stereocenters. The van der Waals surface area contributed by atoms with Crippen LogP contribution in [-0.2, 0) is 0 Å². The lowest BCUT2D eigenvalue weighted by Crippen LogP contribution is -2.24. The summed E-state index contributed by atoms with van der Waals surface area (Å²) >= 11 is 3.38. The molecule has 0 heterocycles. The molecule has 0 spiro atoms. The molecule has 0 bridgehead atoms. The minimum Gasteiger partial charge on any atom is -0.395 e. The van der Waals surface area contributed by atoms with Crippen LogP contribution in [0.25, 0.3) is 0 Å². The summed E-state index contributed by atoms with van der Waals surface area (Å²) in [5.74, 6) is 0. The Bertz CT molecular complexity index is 320. The van der Waals surface area contributed by atoms with E-state index in [0.29, 0.717) is 13.0 Å². The highest BCUT2D eigenvalue weighted by Gasteiger charge is 2.08. The van der Waals surface area contributed by atoms with Crippen LogP contribution in [0.5, 0.6) is 0 Å². The van der Waals surface area contributed by atoms with Crippen molar-refractivity contribution in [3.63, 3.8) is 0 Å². The van der Waals surface area contributed by atoms with Crippen molar-refractivity contribution in [1.29, 1.82) is 0 Å². The Hall–Kier alpha value is -0.420. The van der Waals surface area contributed by atoms with E-state index in [2.05, 4.69) is 15.9 Å². The number of benzene rings is 1. The Morgan fingerprint density at radius 3 is 2.75 bits per heavy atom. The highest BCUT2D eigenvalue weighted by molar-refractivity contribution is 9.10. The maximum Gasteiger partial charge on any atom is 0.0802 e. The Morgan fingerprint density at radius 1 is 1.38 bits per heavy atom. The van der Waals surface area contributed by atoms with E-state index in [1.807, 2.05) is 36.2 Å². The second-order valence-electron chi connectivity index (χ2n) is 3.89. The zero-order chi connectivity index (χ0) is 12.0. The molecule has 0 saturated heterocycles. The van der Waals surface area contributed by atoms with E-state index >= 15 is 0 Å². The van der Waals surface area contributed by atoms with Crippen LogP contribution in [0.1, 0.15) is 18.1 Å². The number of likely N-dealkylation sites (N-methyl/N-ethyl adjacent to an activating group) is 1. The summed E-state index contributed by atoms with van der Waals surface area (Å²) in [5, 5.41) is 18.7. The van der Waals surface area contributed by atoms with Crippen LogP contribution in [0, 0.1) is 0 Å². The third kappa shape index (κ3) is 4.61. The van der Waals surface area contributed by atoms with Gasteiger partial charge in [-0.3, -0.25) is 0 Å². The van der Waals surface area contributed by atoms with Crippen molar-refractivity contribution < 1.29 is 10.2 Å². The molecule has 4 heteroatoms. The van der Waals surface area contributed by atoms with Crippen LogP contribution in [0.4, 0.5) is 0 Å². The molecule has 0 aliphatic carbocycles. The van der Waals surface area contributed by atoms with Gasteiger partial charge < -0.3 is 15.1 Å². The molecule has 16 heavy (non-hydrogen) atoms. The van der Waals surface area contributed by atoms with Gasteiger partial charge in [-0.1, -0.05) is 28.1 Å². The molecule has 2 N–H and O–H groups in total. The molecule has 0 saturated carbocycles. The van der Waals surface area contributed by atoms with Crippen LogP contribution in [0.2, 0.25) is 0 Å². The smallest absolute Gasteiger partial charge is 0.0802 e. The highest BCUT2D eigenvalue weighted by Crippen LogP contribution is 2.20. The second kappa shape index (κ2) is 7.01. The van der Waals surface area contributed by atoms with Gasteiger partial charge in [0.15, 0.2) is 0 Å². The molecule has 1 aromatic carbocycles. The SMILES string of the molecule is CN(CCO)CCC(O)c1cccc(Br)c1. The van der Waals surface area contributed by atoms with Crippen molar-refractivity contribution in [3.05, 3.63) is 34.3 Å². The number of hydrogen-bond donors (Lipinski definition) is 2. The quantitative estimate of drug-likeness (QED) is 0.839. The van der Waals surface area contributed by atoms with Gasteiger partial charge in [0.1, 0.15) is 0 Å². The summed E-state index contributed by atoms with van der Waals surface area (Å²) in [6.07, 6.45) is 0.228. The molecule has 0 radical (unpaired) electrons. The number of aliphatic hydroxyl groups excluding tert-OH is 2. The fraction of sp³-hybridized carbons (Fsp3) is 0.500. The number of aliphatic hydroxyl groups is 2. The topological polar surface area (TPSA) is 43.7 Å². The van der Waals surface area contributed by atoms with Crippen molar-refractivity contribution in [2.75, 3.05) is 26.7 Å². The van der Waals surface area contributed by atoms with Gasteiger partial charge in [-0.2, -0.15) is 0 Å². The van der Waals surface area contributed by atoms with Crippen molar-refractivity contribution >= 4 is 15.9 Å². The lowest BCUT2D eigenvalue weighted by Gasteiger charge is -2.18. The minimum atomic E-state index is -0.446. The second-order valence-corrected chi connectivity index (χ2v) is 4.80. The maximum absolute atomic E-state index is 9.95. The zero-order valence-corrected chi connectivity index (χ0v) is 11.0. The van der Waals surface area contributed by atoms with E-state index in [4.69, 9.17) is 5.11 Å². The van der Waals surface area contributed by atoms with E-state index in [1.165, 1.54) is 0 Å². The van der Waals surface area contributed by atoms with E-state index in [1.54, 1.807) is 0 Å². The van der Waals surface area contributed by atoms with Crippen molar-refractivity contribution in [2.24, 2.45) is 0 Å². The first kappa shape index (κ1) is 13.6. The number of hydrogen-bond acceptors (Lipinski definition) is 3. The first-order chi connectivity index (χ1) is 7.63. The summed E-state index contributed by atoms with van der Waals surface area (Å²) in [6, 6.07) is 7.70. The Labute approximate surface area is 105 Å². The monoisotopic (exact) mass is 287 g/mol.